The molecule has 1 aromatic carbocycles. The first-order valence-electron chi connectivity index (χ1n) is 7.73. The number of hydrogen-bond acceptors (Lipinski definition) is 4. The molecule has 0 radical (unpaired) electrons. The number of carbonyl (C=O) groups excluding carboxylic acids is 2. The second-order valence-corrected chi connectivity index (χ2v) is 5.99. The molecule has 2 atom stereocenters. The van der Waals surface area contributed by atoms with Gasteiger partial charge in [0, 0.05) is 13.1 Å². The first-order chi connectivity index (χ1) is 11.5. The van der Waals surface area contributed by atoms with Gasteiger partial charge in [-0.3, -0.25) is 9.59 Å². The Hall–Kier alpha value is -2.06. The van der Waals surface area contributed by atoms with Gasteiger partial charge in [0.1, 0.15) is 6.61 Å². The van der Waals surface area contributed by atoms with Gasteiger partial charge in [-0.15, -0.1) is 0 Å². The molecule has 0 unspecified atom stereocenters. The third-order valence-corrected chi connectivity index (χ3v) is 4.34. The molecule has 1 aromatic rings. The number of aliphatic hydroxyl groups is 1. The number of morpholine rings is 1. The van der Waals surface area contributed by atoms with Gasteiger partial charge in [-0.25, -0.2) is 8.78 Å². The minimum absolute atomic E-state index is 0.0531. The number of nitrogens with zero attached hydrogens (tertiary/aromatic N) is 2. The molecule has 2 fully saturated rings. The van der Waals surface area contributed by atoms with Gasteiger partial charge in [-0.2, -0.15) is 0 Å². The summed E-state index contributed by atoms with van der Waals surface area (Å²) in [5.74, 6) is -2.56. The molecule has 0 bridgehead atoms. The minimum Gasteiger partial charge on any atom is -0.391 e. The standard InChI is InChI=1S/C16H18F2N2O4/c17-12-2-1-10(5-13(12)18)14-6-11(21)7-20(14)15(22)8-19-3-4-24-9-16(19)23/h1-2,5,11,14,21H,3-4,6-9H2/t11-,14+/m1/s1. The van der Waals surface area contributed by atoms with E-state index in [0.717, 1.165) is 12.1 Å². The number of amides is 2. The number of rotatable bonds is 3. The van der Waals surface area contributed by atoms with Crippen LogP contribution >= 0.6 is 0 Å². The largest absolute Gasteiger partial charge is 0.391 e. The number of β-amino-alcohol motifs (C(OH)–C–C–N with tert-alkyl or cyclic N) is 1. The lowest BCUT2D eigenvalue weighted by Crippen LogP contribution is -2.48. The first-order valence-corrected chi connectivity index (χ1v) is 7.73. The van der Waals surface area contributed by atoms with E-state index in [-0.39, 0.29) is 37.9 Å². The molecule has 0 saturated carbocycles. The summed E-state index contributed by atoms with van der Waals surface area (Å²) in [6, 6.07) is 2.90. The van der Waals surface area contributed by atoms with E-state index in [1.165, 1.54) is 15.9 Å². The van der Waals surface area contributed by atoms with Crippen molar-refractivity contribution in [2.24, 2.45) is 0 Å². The van der Waals surface area contributed by atoms with Gasteiger partial charge in [0.25, 0.3) is 0 Å². The van der Waals surface area contributed by atoms with Gasteiger partial charge in [-0.1, -0.05) is 6.07 Å². The lowest BCUT2D eigenvalue weighted by Gasteiger charge is -2.30. The second-order valence-electron chi connectivity index (χ2n) is 5.99. The van der Waals surface area contributed by atoms with Crippen molar-refractivity contribution in [2.75, 3.05) is 32.8 Å². The van der Waals surface area contributed by atoms with E-state index < -0.39 is 23.8 Å². The Morgan fingerprint density at radius 2 is 2.12 bits per heavy atom. The molecule has 1 N–H and O–H groups in total. The van der Waals surface area contributed by atoms with Crippen molar-refractivity contribution < 1.29 is 28.2 Å². The molecule has 130 valence electrons. The number of aliphatic hydroxyl groups excluding tert-OH is 1. The van der Waals surface area contributed by atoms with E-state index in [1.807, 2.05) is 0 Å². The van der Waals surface area contributed by atoms with Crippen LogP contribution in [-0.2, 0) is 14.3 Å². The molecule has 0 spiro atoms. The van der Waals surface area contributed by atoms with Crippen molar-refractivity contribution in [2.45, 2.75) is 18.6 Å². The van der Waals surface area contributed by atoms with Crippen LogP contribution in [0.3, 0.4) is 0 Å². The lowest BCUT2D eigenvalue weighted by atomic mass is 10.0. The van der Waals surface area contributed by atoms with E-state index in [0.29, 0.717) is 18.7 Å². The van der Waals surface area contributed by atoms with Crippen LogP contribution in [0.4, 0.5) is 8.78 Å². The summed E-state index contributed by atoms with van der Waals surface area (Å²) in [5, 5.41) is 9.90. The Kier molecular flexibility index (Phi) is 4.77. The normalized spacial score (nSPS) is 24.5. The molecule has 2 aliphatic rings. The van der Waals surface area contributed by atoms with Crippen LogP contribution < -0.4 is 0 Å². The van der Waals surface area contributed by atoms with Crippen LogP contribution in [0.1, 0.15) is 18.0 Å². The topological polar surface area (TPSA) is 70.1 Å². The Balaban J connectivity index is 1.75. The fourth-order valence-corrected chi connectivity index (χ4v) is 3.10. The molecule has 2 amide bonds. The number of halogens is 2. The highest BCUT2D eigenvalue weighted by atomic mass is 19.2. The van der Waals surface area contributed by atoms with Crippen molar-refractivity contribution in [3.05, 3.63) is 35.4 Å². The zero-order valence-electron chi connectivity index (χ0n) is 13.0. The van der Waals surface area contributed by atoms with E-state index >= 15 is 0 Å². The molecule has 24 heavy (non-hydrogen) atoms. The number of hydrogen-bond donors (Lipinski definition) is 1. The third-order valence-electron chi connectivity index (χ3n) is 4.34. The zero-order chi connectivity index (χ0) is 17.3. The Morgan fingerprint density at radius 1 is 1.33 bits per heavy atom. The summed E-state index contributed by atoms with van der Waals surface area (Å²) >= 11 is 0. The van der Waals surface area contributed by atoms with E-state index in [9.17, 15) is 23.5 Å². The monoisotopic (exact) mass is 340 g/mol. The summed E-state index contributed by atoms with van der Waals surface area (Å²) < 4.78 is 31.6. The molecule has 0 aliphatic carbocycles. The maximum absolute atomic E-state index is 13.5. The van der Waals surface area contributed by atoms with Crippen LogP contribution in [0.15, 0.2) is 18.2 Å². The fraction of sp³-hybridized carbons (Fsp3) is 0.500. The van der Waals surface area contributed by atoms with Crippen molar-refractivity contribution >= 4 is 11.8 Å². The number of likely N-dealkylation sites (tertiary alicyclic amines) is 1. The summed E-state index contributed by atoms with van der Waals surface area (Å²) in [5.41, 5.74) is 0.423. The molecule has 8 heteroatoms. The predicted molar refractivity (Wildman–Crippen MR) is 78.8 cm³/mol. The molecular weight excluding hydrogens is 322 g/mol. The highest BCUT2D eigenvalue weighted by Crippen LogP contribution is 2.33. The molecule has 2 aliphatic heterocycles. The maximum Gasteiger partial charge on any atom is 0.249 e. The molecule has 2 heterocycles. The highest BCUT2D eigenvalue weighted by Gasteiger charge is 2.36. The second kappa shape index (κ2) is 6.82. The lowest BCUT2D eigenvalue weighted by molar-refractivity contribution is -0.148. The van der Waals surface area contributed by atoms with Crippen molar-refractivity contribution in [3.8, 4) is 0 Å². The predicted octanol–water partition coefficient (Wildman–Crippen LogP) is 0.458. The van der Waals surface area contributed by atoms with E-state index in [1.54, 1.807) is 0 Å². The van der Waals surface area contributed by atoms with Crippen LogP contribution in [-0.4, -0.2) is 65.7 Å². The molecule has 6 nitrogen and oxygen atoms in total. The van der Waals surface area contributed by atoms with E-state index in [2.05, 4.69) is 0 Å². The number of benzene rings is 1. The number of carbonyl (C=O) groups is 2. The maximum atomic E-state index is 13.5. The highest BCUT2D eigenvalue weighted by molar-refractivity contribution is 5.86. The zero-order valence-corrected chi connectivity index (χ0v) is 13.0. The van der Waals surface area contributed by atoms with Gasteiger partial charge >= 0.3 is 0 Å². The average Bonchev–Trinajstić information content (AvgIpc) is 2.94. The van der Waals surface area contributed by atoms with Crippen molar-refractivity contribution in [1.29, 1.82) is 0 Å². The van der Waals surface area contributed by atoms with Crippen LogP contribution in [0.2, 0.25) is 0 Å². The average molecular weight is 340 g/mol. The van der Waals surface area contributed by atoms with Crippen molar-refractivity contribution in [3.63, 3.8) is 0 Å². The summed E-state index contributed by atoms with van der Waals surface area (Å²) in [7, 11) is 0. The van der Waals surface area contributed by atoms with Gasteiger partial charge in [0.15, 0.2) is 11.6 Å². The first kappa shape index (κ1) is 16.8. The van der Waals surface area contributed by atoms with Crippen molar-refractivity contribution in [1.82, 2.24) is 9.80 Å². The smallest absolute Gasteiger partial charge is 0.249 e. The summed E-state index contributed by atoms with van der Waals surface area (Å²) in [4.78, 5) is 27.1. The van der Waals surface area contributed by atoms with Gasteiger partial charge < -0.3 is 19.6 Å². The molecule has 2 saturated heterocycles. The Bertz CT molecular complexity index is 655. The van der Waals surface area contributed by atoms with Crippen LogP contribution in [0.25, 0.3) is 0 Å². The molecular formula is C16H18F2N2O4. The third kappa shape index (κ3) is 3.39. The Labute approximate surface area is 137 Å². The van der Waals surface area contributed by atoms with Crippen LogP contribution in [0.5, 0.6) is 0 Å². The minimum atomic E-state index is -0.996. The SMILES string of the molecule is O=C1COCCN1CC(=O)N1C[C@H](O)C[C@H]1c1ccc(F)c(F)c1. The number of ether oxygens (including phenoxy) is 1. The summed E-state index contributed by atoms with van der Waals surface area (Å²) in [6.07, 6.45) is -0.499. The van der Waals surface area contributed by atoms with E-state index in [4.69, 9.17) is 4.74 Å². The quantitative estimate of drug-likeness (QED) is 0.868. The van der Waals surface area contributed by atoms with Gasteiger partial charge in [0.2, 0.25) is 11.8 Å². The molecule has 0 aromatic heterocycles. The van der Waals surface area contributed by atoms with Crippen LogP contribution in [0, 0.1) is 11.6 Å². The fourth-order valence-electron chi connectivity index (χ4n) is 3.10. The Morgan fingerprint density at radius 3 is 2.83 bits per heavy atom. The van der Waals surface area contributed by atoms with Gasteiger partial charge in [-0.05, 0) is 24.1 Å². The van der Waals surface area contributed by atoms with Gasteiger partial charge in [0.05, 0.1) is 25.3 Å². The summed E-state index contributed by atoms with van der Waals surface area (Å²) in [6.45, 7) is 0.629. The molecule has 3 rings (SSSR count).